The SMILES string of the molecule is CC(C)(C)NCCC(Oc1cccc2c1OCO2)c1ccc(Br)s1. The van der Waals surface area contributed by atoms with Gasteiger partial charge in [0.05, 0.1) is 3.79 Å². The maximum Gasteiger partial charge on any atom is 0.231 e. The third kappa shape index (κ3) is 4.43. The highest BCUT2D eigenvalue weighted by Gasteiger charge is 2.23. The highest BCUT2D eigenvalue weighted by Crippen LogP contribution is 2.43. The smallest absolute Gasteiger partial charge is 0.231 e. The highest BCUT2D eigenvalue weighted by molar-refractivity contribution is 9.11. The molecule has 0 radical (unpaired) electrons. The Morgan fingerprint density at radius 3 is 2.79 bits per heavy atom. The summed E-state index contributed by atoms with van der Waals surface area (Å²) in [5.74, 6) is 2.17. The van der Waals surface area contributed by atoms with E-state index in [1.54, 1.807) is 11.3 Å². The van der Waals surface area contributed by atoms with Gasteiger partial charge >= 0.3 is 0 Å². The van der Waals surface area contributed by atoms with Crippen molar-refractivity contribution in [3.63, 3.8) is 0 Å². The lowest BCUT2D eigenvalue weighted by molar-refractivity contribution is 0.158. The molecule has 0 amide bonds. The second-order valence-electron chi connectivity index (χ2n) is 6.70. The van der Waals surface area contributed by atoms with Gasteiger partial charge < -0.3 is 19.5 Å². The average molecular weight is 412 g/mol. The van der Waals surface area contributed by atoms with Crippen molar-refractivity contribution in [3.8, 4) is 17.2 Å². The molecule has 0 saturated heterocycles. The minimum Gasteiger partial charge on any atom is -0.481 e. The monoisotopic (exact) mass is 411 g/mol. The van der Waals surface area contributed by atoms with Crippen LogP contribution in [0.2, 0.25) is 0 Å². The van der Waals surface area contributed by atoms with Crippen LogP contribution in [0.3, 0.4) is 0 Å². The Morgan fingerprint density at radius 1 is 1.25 bits per heavy atom. The molecule has 1 N–H and O–H groups in total. The number of fused-ring (bicyclic) bond motifs is 1. The molecule has 2 heterocycles. The van der Waals surface area contributed by atoms with Crippen LogP contribution in [0.4, 0.5) is 0 Å². The Balaban J connectivity index is 1.76. The molecule has 1 atom stereocenters. The number of nitrogens with one attached hydrogen (secondary N) is 1. The summed E-state index contributed by atoms with van der Waals surface area (Å²) in [7, 11) is 0. The van der Waals surface area contributed by atoms with Crippen LogP contribution in [-0.2, 0) is 0 Å². The predicted octanol–water partition coefficient (Wildman–Crippen LogP) is 5.14. The maximum absolute atomic E-state index is 6.32. The predicted molar refractivity (Wildman–Crippen MR) is 100 cm³/mol. The van der Waals surface area contributed by atoms with E-state index in [1.165, 1.54) is 4.88 Å². The molecule has 6 heteroatoms. The van der Waals surface area contributed by atoms with Gasteiger partial charge in [0.15, 0.2) is 11.5 Å². The Bertz CT molecular complexity index is 696. The van der Waals surface area contributed by atoms with Gasteiger partial charge in [-0.25, -0.2) is 0 Å². The first kappa shape index (κ1) is 17.6. The van der Waals surface area contributed by atoms with Crippen LogP contribution in [-0.4, -0.2) is 18.9 Å². The van der Waals surface area contributed by atoms with E-state index in [1.807, 2.05) is 18.2 Å². The van der Waals surface area contributed by atoms with Gasteiger partial charge in [0.1, 0.15) is 6.10 Å². The number of ether oxygens (including phenoxy) is 3. The second-order valence-corrected chi connectivity index (χ2v) is 9.20. The third-order valence-electron chi connectivity index (χ3n) is 3.60. The molecule has 24 heavy (non-hydrogen) atoms. The molecule has 4 nitrogen and oxygen atoms in total. The maximum atomic E-state index is 6.32. The molecule has 2 aromatic rings. The fourth-order valence-corrected chi connectivity index (χ4v) is 3.98. The van der Waals surface area contributed by atoms with E-state index in [4.69, 9.17) is 14.2 Å². The Labute approximate surface area is 155 Å². The number of hydrogen-bond acceptors (Lipinski definition) is 5. The van der Waals surface area contributed by atoms with E-state index in [-0.39, 0.29) is 18.4 Å². The van der Waals surface area contributed by atoms with Crippen molar-refractivity contribution >= 4 is 27.3 Å². The van der Waals surface area contributed by atoms with Gasteiger partial charge in [0.25, 0.3) is 0 Å². The summed E-state index contributed by atoms with van der Waals surface area (Å²) in [6.07, 6.45) is 0.834. The summed E-state index contributed by atoms with van der Waals surface area (Å²) in [6.45, 7) is 7.62. The summed E-state index contributed by atoms with van der Waals surface area (Å²) in [6, 6.07) is 9.92. The van der Waals surface area contributed by atoms with Gasteiger partial charge in [-0.1, -0.05) is 6.07 Å². The van der Waals surface area contributed by atoms with E-state index >= 15 is 0 Å². The van der Waals surface area contributed by atoms with Crippen molar-refractivity contribution in [2.45, 2.75) is 38.8 Å². The van der Waals surface area contributed by atoms with Crippen LogP contribution in [0.25, 0.3) is 0 Å². The quantitative estimate of drug-likeness (QED) is 0.714. The molecule has 0 aliphatic carbocycles. The molecule has 0 bridgehead atoms. The van der Waals surface area contributed by atoms with Crippen molar-refractivity contribution in [1.82, 2.24) is 5.32 Å². The first-order valence-electron chi connectivity index (χ1n) is 7.98. The summed E-state index contributed by atoms with van der Waals surface area (Å²) < 4.78 is 18.4. The zero-order chi connectivity index (χ0) is 17.2. The van der Waals surface area contributed by atoms with Gasteiger partial charge in [-0.3, -0.25) is 0 Å². The molecule has 130 valence electrons. The molecule has 1 aliphatic rings. The molecule has 0 spiro atoms. The van der Waals surface area contributed by atoms with E-state index < -0.39 is 0 Å². The Morgan fingerprint density at radius 2 is 2.08 bits per heavy atom. The fraction of sp³-hybridized carbons (Fsp3) is 0.444. The van der Waals surface area contributed by atoms with Crippen molar-refractivity contribution in [2.24, 2.45) is 0 Å². The zero-order valence-corrected chi connectivity index (χ0v) is 16.5. The normalized spacial score (nSPS) is 14.7. The van der Waals surface area contributed by atoms with Crippen LogP contribution in [0.1, 0.15) is 38.2 Å². The first-order valence-corrected chi connectivity index (χ1v) is 9.59. The minimum absolute atomic E-state index is 0.0353. The summed E-state index contributed by atoms with van der Waals surface area (Å²) in [4.78, 5) is 1.19. The standard InChI is InChI=1S/C18H22BrNO3S/c1-18(2,3)20-10-9-12(15-7-8-16(19)24-15)23-14-6-4-5-13-17(14)22-11-21-13/h4-8,12,20H,9-11H2,1-3H3. The molecule has 1 aliphatic heterocycles. The van der Waals surface area contributed by atoms with Crippen LogP contribution >= 0.6 is 27.3 Å². The molecule has 1 unspecified atom stereocenters. The lowest BCUT2D eigenvalue weighted by atomic mass is 10.1. The van der Waals surface area contributed by atoms with E-state index in [9.17, 15) is 0 Å². The van der Waals surface area contributed by atoms with Crippen LogP contribution in [0.15, 0.2) is 34.1 Å². The number of hydrogen-bond donors (Lipinski definition) is 1. The third-order valence-corrected chi connectivity index (χ3v) is 5.32. The topological polar surface area (TPSA) is 39.7 Å². The van der Waals surface area contributed by atoms with E-state index in [0.29, 0.717) is 5.75 Å². The Hall–Kier alpha value is -1.24. The lowest BCUT2D eigenvalue weighted by Crippen LogP contribution is -2.37. The fourth-order valence-electron chi connectivity index (χ4n) is 2.49. The number of rotatable bonds is 6. The van der Waals surface area contributed by atoms with Crippen LogP contribution in [0.5, 0.6) is 17.2 Å². The largest absolute Gasteiger partial charge is 0.481 e. The van der Waals surface area contributed by atoms with Gasteiger partial charge in [-0.2, -0.15) is 0 Å². The molecular formula is C18H22BrNO3S. The molecule has 1 aromatic heterocycles. The highest BCUT2D eigenvalue weighted by atomic mass is 79.9. The number of halogens is 1. The Kier molecular flexibility index (Phi) is 5.37. The zero-order valence-electron chi connectivity index (χ0n) is 14.1. The first-order chi connectivity index (χ1) is 11.4. The minimum atomic E-state index is -0.0353. The molecular weight excluding hydrogens is 390 g/mol. The van der Waals surface area contributed by atoms with E-state index in [2.05, 4.69) is 54.2 Å². The van der Waals surface area contributed by atoms with Crippen molar-refractivity contribution < 1.29 is 14.2 Å². The van der Waals surface area contributed by atoms with Gasteiger partial charge in [0, 0.05) is 16.8 Å². The van der Waals surface area contributed by atoms with Crippen molar-refractivity contribution in [1.29, 1.82) is 0 Å². The molecule has 0 saturated carbocycles. The van der Waals surface area contributed by atoms with Gasteiger partial charge in [-0.05, 0) is 67.5 Å². The van der Waals surface area contributed by atoms with Gasteiger partial charge in [-0.15, -0.1) is 11.3 Å². The molecule has 3 rings (SSSR count). The summed E-state index contributed by atoms with van der Waals surface area (Å²) >= 11 is 5.24. The van der Waals surface area contributed by atoms with Crippen LogP contribution < -0.4 is 19.5 Å². The molecule has 1 aromatic carbocycles. The second kappa shape index (κ2) is 7.33. The summed E-state index contributed by atoms with van der Waals surface area (Å²) in [5, 5.41) is 3.52. The lowest BCUT2D eigenvalue weighted by Gasteiger charge is -2.24. The summed E-state index contributed by atoms with van der Waals surface area (Å²) in [5.41, 5.74) is 0.0888. The van der Waals surface area contributed by atoms with Crippen molar-refractivity contribution in [3.05, 3.63) is 39.0 Å². The number of para-hydroxylation sites is 1. The van der Waals surface area contributed by atoms with E-state index in [0.717, 1.165) is 28.3 Å². The number of thiophene rings is 1. The van der Waals surface area contributed by atoms with Gasteiger partial charge in [0.2, 0.25) is 12.5 Å². The van der Waals surface area contributed by atoms with Crippen LogP contribution in [0, 0.1) is 0 Å². The van der Waals surface area contributed by atoms with Crippen molar-refractivity contribution in [2.75, 3.05) is 13.3 Å². The average Bonchev–Trinajstić information content (AvgIpc) is 3.14. The molecule has 0 fully saturated rings. The number of benzene rings is 1.